The first-order valence-corrected chi connectivity index (χ1v) is 10.2. The number of non-ortho nitro benzene ring substituents is 1. The van der Waals surface area contributed by atoms with Gasteiger partial charge in [0, 0.05) is 18.7 Å². The average Bonchev–Trinajstić information content (AvgIpc) is 3.24. The van der Waals surface area contributed by atoms with Gasteiger partial charge in [-0.2, -0.15) is 18.3 Å². The first kappa shape index (κ1) is 23.6. The Morgan fingerprint density at radius 1 is 1.11 bits per heavy atom. The molecule has 0 saturated heterocycles. The molecule has 0 aliphatic heterocycles. The highest BCUT2D eigenvalue weighted by Crippen LogP contribution is 2.31. The Balaban J connectivity index is 1.45. The topological polar surface area (TPSA) is 125 Å². The Hall–Kier alpha value is -4.55. The highest BCUT2D eigenvalue weighted by atomic mass is 19.4. The summed E-state index contributed by atoms with van der Waals surface area (Å²) in [4.78, 5) is 39.6. The number of nitrogens with zero attached hydrogens (tertiary/aromatic N) is 5. The molecule has 0 fully saturated rings. The summed E-state index contributed by atoms with van der Waals surface area (Å²) in [5.41, 5.74) is -1.06. The zero-order valence-electron chi connectivity index (χ0n) is 17.9. The number of amides is 1. The fraction of sp³-hybridized carbons (Fsp3) is 0.182. The summed E-state index contributed by atoms with van der Waals surface area (Å²) < 4.78 is 42.1. The minimum absolute atomic E-state index is 0.0463. The van der Waals surface area contributed by atoms with Crippen molar-refractivity contribution in [2.75, 3.05) is 6.54 Å². The fourth-order valence-corrected chi connectivity index (χ4v) is 3.49. The van der Waals surface area contributed by atoms with Gasteiger partial charge in [-0.3, -0.25) is 24.3 Å². The molecule has 35 heavy (non-hydrogen) atoms. The number of nitro benzene ring substituents is 1. The SMILES string of the molecule is O=C(NCCn1ncc2c(=O)n(Cc3ccc([N+](=O)[O-])cc3)cnc21)c1ccccc1C(F)(F)F. The van der Waals surface area contributed by atoms with Gasteiger partial charge >= 0.3 is 6.18 Å². The van der Waals surface area contributed by atoms with Gasteiger partial charge in [0.1, 0.15) is 11.7 Å². The number of alkyl halides is 3. The Labute approximate surface area is 194 Å². The van der Waals surface area contributed by atoms with Crippen molar-refractivity contribution in [1.29, 1.82) is 0 Å². The molecule has 2 aromatic carbocycles. The predicted octanol–water partition coefficient (Wildman–Crippen LogP) is 3.00. The van der Waals surface area contributed by atoms with E-state index in [4.69, 9.17) is 0 Å². The van der Waals surface area contributed by atoms with Crippen molar-refractivity contribution in [3.63, 3.8) is 0 Å². The van der Waals surface area contributed by atoms with E-state index < -0.39 is 28.1 Å². The molecule has 0 radical (unpaired) electrons. The van der Waals surface area contributed by atoms with Crippen LogP contribution in [0.1, 0.15) is 21.5 Å². The first-order chi connectivity index (χ1) is 16.6. The second kappa shape index (κ2) is 9.37. The maximum Gasteiger partial charge on any atom is 0.417 e. The van der Waals surface area contributed by atoms with Gasteiger partial charge in [0.05, 0.1) is 35.3 Å². The lowest BCUT2D eigenvalue weighted by Crippen LogP contribution is -2.29. The standard InChI is InChI=1S/C22H17F3N6O4/c23-22(24,25)18-4-2-1-3-16(18)20(32)26-9-10-30-19-17(11-28-30)21(33)29(13-27-19)12-14-5-7-15(8-6-14)31(34)35/h1-8,11,13H,9-10,12H2,(H,26,32). The van der Waals surface area contributed by atoms with Crippen LogP contribution in [0.2, 0.25) is 0 Å². The van der Waals surface area contributed by atoms with Gasteiger partial charge in [-0.05, 0) is 17.7 Å². The molecule has 180 valence electrons. The molecule has 4 aromatic rings. The summed E-state index contributed by atoms with van der Waals surface area (Å²) >= 11 is 0. The van der Waals surface area contributed by atoms with E-state index in [0.717, 1.165) is 12.1 Å². The molecule has 13 heteroatoms. The lowest BCUT2D eigenvalue weighted by Gasteiger charge is -2.12. The zero-order chi connectivity index (χ0) is 25.2. The van der Waals surface area contributed by atoms with E-state index in [1.54, 1.807) is 0 Å². The zero-order valence-corrected chi connectivity index (χ0v) is 17.9. The van der Waals surface area contributed by atoms with Crippen molar-refractivity contribution >= 4 is 22.6 Å². The minimum atomic E-state index is -4.66. The number of hydrogen-bond acceptors (Lipinski definition) is 6. The smallest absolute Gasteiger partial charge is 0.350 e. The van der Waals surface area contributed by atoms with Gasteiger partial charge < -0.3 is 5.32 Å². The van der Waals surface area contributed by atoms with Crippen molar-refractivity contribution in [1.82, 2.24) is 24.6 Å². The fourth-order valence-electron chi connectivity index (χ4n) is 3.49. The minimum Gasteiger partial charge on any atom is -0.350 e. The highest BCUT2D eigenvalue weighted by molar-refractivity contribution is 5.95. The van der Waals surface area contributed by atoms with E-state index >= 15 is 0 Å². The Morgan fingerprint density at radius 2 is 1.83 bits per heavy atom. The van der Waals surface area contributed by atoms with E-state index in [1.165, 1.54) is 58.2 Å². The number of rotatable bonds is 7. The quantitative estimate of drug-likeness (QED) is 0.316. The van der Waals surface area contributed by atoms with Crippen LogP contribution < -0.4 is 10.9 Å². The van der Waals surface area contributed by atoms with E-state index in [0.29, 0.717) is 5.56 Å². The van der Waals surface area contributed by atoms with Crippen LogP contribution in [0.5, 0.6) is 0 Å². The normalized spacial score (nSPS) is 11.5. The Bertz CT molecular complexity index is 1460. The van der Waals surface area contributed by atoms with Crippen molar-refractivity contribution in [2.24, 2.45) is 0 Å². The average molecular weight is 486 g/mol. The molecule has 0 bridgehead atoms. The molecule has 0 aliphatic carbocycles. The number of carbonyl (C=O) groups is 1. The first-order valence-electron chi connectivity index (χ1n) is 10.2. The van der Waals surface area contributed by atoms with Crippen LogP contribution >= 0.6 is 0 Å². The van der Waals surface area contributed by atoms with E-state index in [1.807, 2.05) is 0 Å². The molecular formula is C22H17F3N6O4. The maximum atomic E-state index is 13.1. The molecule has 0 atom stereocenters. The number of benzene rings is 2. The third-order valence-electron chi connectivity index (χ3n) is 5.21. The number of nitro groups is 1. The van der Waals surface area contributed by atoms with Crippen LogP contribution in [0.4, 0.5) is 18.9 Å². The van der Waals surface area contributed by atoms with Gasteiger partial charge in [0.15, 0.2) is 5.65 Å². The second-order valence-electron chi connectivity index (χ2n) is 7.51. The van der Waals surface area contributed by atoms with Crippen molar-refractivity contribution in [2.45, 2.75) is 19.3 Å². The van der Waals surface area contributed by atoms with Crippen LogP contribution in [0.25, 0.3) is 11.0 Å². The number of nitrogens with one attached hydrogen (secondary N) is 1. The molecule has 0 spiro atoms. The summed E-state index contributed by atoms with van der Waals surface area (Å²) in [6.07, 6.45) is -2.04. The number of hydrogen-bond donors (Lipinski definition) is 1. The van der Waals surface area contributed by atoms with Gasteiger partial charge in [-0.25, -0.2) is 9.67 Å². The van der Waals surface area contributed by atoms with Crippen LogP contribution in [0, 0.1) is 10.1 Å². The van der Waals surface area contributed by atoms with Gasteiger partial charge in [-0.15, -0.1) is 0 Å². The van der Waals surface area contributed by atoms with Crippen LogP contribution in [-0.4, -0.2) is 36.7 Å². The second-order valence-corrected chi connectivity index (χ2v) is 7.51. The number of carbonyl (C=O) groups excluding carboxylic acids is 1. The molecule has 2 heterocycles. The Morgan fingerprint density at radius 3 is 2.51 bits per heavy atom. The summed E-state index contributed by atoms with van der Waals surface area (Å²) in [5.74, 6) is -0.882. The summed E-state index contributed by atoms with van der Waals surface area (Å²) in [6, 6.07) is 10.2. The summed E-state index contributed by atoms with van der Waals surface area (Å²) in [5, 5.41) is 17.5. The molecule has 1 amide bonds. The number of fused-ring (bicyclic) bond motifs is 1. The predicted molar refractivity (Wildman–Crippen MR) is 118 cm³/mol. The van der Waals surface area contributed by atoms with Crippen LogP contribution in [0.3, 0.4) is 0 Å². The molecule has 0 unspecified atom stereocenters. The van der Waals surface area contributed by atoms with Crippen LogP contribution in [-0.2, 0) is 19.3 Å². The molecule has 1 N–H and O–H groups in total. The number of aromatic nitrogens is 4. The summed E-state index contributed by atoms with van der Waals surface area (Å²) in [7, 11) is 0. The molecular weight excluding hydrogens is 469 g/mol. The van der Waals surface area contributed by atoms with Gasteiger partial charge in [0.25, 0.3) is 17.2 Å². The highest BCUT2D eigenvalue weighted by Gasteiger charge is 2.34. The summed E-state index contributed by atoms with van der Waals surface area (Å²) in [6.45, 7) is 0.164. The molecule has 10 nitrogen and oxygen atoms in total. The van der Waals surface area contributed by atoms with E-state index in [9.17, 15) is 32.9 Å². The number of halogens is 3. The van der Waals surface area contributed by atoms with Gasteiger partial charge in [0.2, 0.25) is 0 Å². The van der Waals surface area contributed by atoms with Crippen molar-refractivity contribution in [3.05, 3.63) is 98.2 Å². The third kappa shape index (κ3) is 5.03. The lowest BCUT2D eigenvalue weighted by molar-refractivity contribution is -0.384. The third-order valence-corrected chi connectivity index (χ3v) is 5.21. The van der Waals surface area contributed by atoms with Crippen molar-refractivity contribution in [3.8, 4) is 0 Å². The van der Waals surface area contributed by atoms with Crippen LogP contribution in [0.15, 0.2) is 65.8 Å². The van der Waals surface area contributed by atoms with E-state index in [-0.39, 0.29) is 41.9 Å². The largest absolute Gasteiger partial charge is 0.417 e. The van der Waals surface area contributed by atoms with Gasteiger partial charge in [-0.1, -0.05) is 24.3 Å². The molecule has 2 aromatic heterocycles. The molecule has 0 saturated carbocycles. The molecule has 4 rings (SSSR count). The lowest BCUT2D eigenvalue weighted by atomic mass is 10.1. The molecule has 0 aliphatic rings. The monoisotopic (exact) mass is 486 g/mol. The Kier molecular flexibility index (Phi) is 6.32. The van der Waals surface area contributed by atoms with E-state index in [2.05, 4.69) is 15.4 Å². The maximum absolute atomic E-state index is 13.1. The van der Waals surface area contributed by atoms with Crippen molar-refractivity contribution < 1.29 is 22.9 Å².